The molecule has 144 valence electrons. The first-order chi connectivity index (χ1) is 12.8. The van der Waals surface area contributed by atoms with Gasteiger partial charge in [-0.05, 0) is 49.9 Å². The van der Waals surface area contributed by atoms with Gasteiger partial charge in [-0.3, -0.25) is 0 Å². The van der Waals surface area contributed by atoms with Gasteiger partial charge in [0.05, 0.1) is 19.4 Å². The lowest BCUT2D eigenvalue weighted by atomic mass is 10.3. The van der Waals surface area contributed by atoms with E-state index >= 15 is 0 Å². The highest BCUT2D eigenvalue weighted by atomic mass is 35.5. The van der Waals surface area contributed by atoms with E-state index in [9.17, 15) is 9.59 Å². The Hall–Kier alpha value is -1.84. The third-order valence-electron chi connectivity index (χ3n) is 4.07. The lowest BCUT2D eigenvalue weighted by Gasteiger charge is -2.39. The fourth-order valence-corrected chi connectivity index (χ4v) is 5.64. The van der Waals surface area contributed by atoms with Crippen molar-refractivity contribution < 1.29 is 19.1 Å². The fraction of sp³-hybridized carbons (Fsp3) is 0.353. The SMILES string of the molecule is CCOC(=O)C1=NN(c2ccc(Cl)cc2)C2(S1)SC(C(=O)OC)=C(C)N2C. The van der Waals surface area contributed by atoms with Crippen molar-refractivity contribution in [3.8, 4) is 0 Å². The Labute approximate surface area is 170 Å². The van der Waals surface area contributed by atoms with Crippen molar-refractivity contribution in [1.82, 2.24) is 4.90 Å². The number of carbonyl (C=O) groups is 2. The van der Waals surface area contributed by atoms with Crippen LogP contribution in [0.25, 0.3) is 0 Å². The van der Waals surface area contributed by atoms with Crippen LogP contribution in [0.5, 0.6) is 0 Å². The molecule has 0 N–H and O–H groups in total. The second-order valence-corrected chi connectivity index (χ2v) is 8.67. The summed E-state index contributed by atoms with van der Waals surface area (Å²) >= 11 is 8.51. The molecule has 27 heavy (non-hydrogen) atoms. The highest BCUT2D eigenvalue weighted by molar-refractivity contribution is 8.28. The van der Waals surface area contributed by atoms with Crippen molar-refractivity contribution >= 4 is 57.8 Å². The number of hydrogen-bond donors (Lipinski definition) is 0. The Morgan fingerprint density at radius 3 is 2.48 bits per heavy atom. The molecule has 7 nitrogen and oxygen atoms in total. The number of nitrogens with zero attached hydrogens (tertiary/aromatic N) is 3. The number of thioether (sulfide) groups is 2. The van der Waals surface area contributed by atoms with Crippen LogP contribution >= 0.6 is 35.1 Å². The molecule has 3 rings (SSSR count). The average Bonchev–Trinajstić information content (AvgIpc) is 3.16. The number of esters is 2. The monoisotopic (exact) mass is 427 g/mol. The molecule has 1 spiro atoms. The highest BCUT2D eigenvalue weighted by Crippen LogP contribution is 2.58. The quantitative estimate of drug-likeness (QED) is 0.676. The molecule has 2 heterocycles. The third kappa shape index (κ3) is 3.39. The van der Waals surface area contributed by atoms with Crippen LogP contribution in [-0.2, 0) is 19.1 Å². The van der Waals surface area contributed by atoms with E-state index in [0.717, 1.165) is 11.4 Å². The minimum Gasteiger partial charge on any atom is -0.465 e. The van der Waals surface area contributed by atoms with Gasteiger partial charge in [0.1, 0.15) is 4.91 Å². The average molecular weight is 428 g/mol. The summed E-state index contributed by atoms with van der Waals surface area (Å²) in [6.45, 7) is 3.82. The van der Waals surface area contributed by atoms with E-state index in [1.165, 1.54) is 30.6 Å². The van der Waals surface area contributed by atoms with Gasteiger partial charge in [0.15, 0.2) is 0 Å². The van der Waals surface area contributed by atoms with Crippen molar-refractivity contribution in [2.24, 2.45) is 5.10 Å². The molecular weight excluding hydrogens is 410 g/mol. The van der Waals surface area contributed by atoms with Crippen molar-refractivity contribution in [2.45, 2.75) is 18.2 Å². The summed E-state index contributed by atoms with van der Waals surface area (Å²) in [5.74, 6) is -0.932. The molecule has 2 aliphatic rings. The van der Waals surface area contributed by atoms with Gasteiger partial charge in [0, 0.05) is 17.8 Å². The lowest BCUT2D eigenvalue weighted by molar-refractivity contribution is -0.135. The molecule has 10 heteroatoms. The van der Waals surface area contributed by atoms with E-state index in [-0.39, 0.29) is 11.7 Å². The molecule has 0 saturated heterocycles. The molecule has 0 aromatic heterocycles. The van der Waals surface area contributed by atoms with Crippen LogP contribution in [0.15, 0.2) is 40.0 Å². The number of methoxy groups -OCH3 is 1. The summed E-state index contributed by atoms with van der Waals surface area (Å²) in [4.78, 5) is 26.9. The van der Waals surface area contributed by atoms with Gasteiger partial charge in [0.25, 0.3) is 0 Å². The van der Waals surface area contributed by atoms with Crippen molar-refractivity contribution in [2.75, 3.05) is 25.8 Å². The number of benzene rings is 1. The summed E-state index contributed by atoms with van der Waals surface area (Å²) in [5.41, 5.74) is 1.46. The molecule has 0 radical (unpaired) electrons. The van der Waals surface area contributed by atoms with Crippen molar-refractivity contribution in [3.63, 3.8) is 0 Å². The Balaban J connectivity index is 2.04. The number of allylic oxidation sites excluding steroid dienone is 1. The van der Waals surface area contributed by atoms with E-state index in [4.69, 9.17) is 21.1 Å². The molecule has 2 aliphatic heterocycles. The third-order valence-corrected chi connectivity index (χ3v) is 7.36. The molecule has 1 aromatic rings. The second-order valence-electron chi connectivity index (χ2n) is 5.63. The van der Waals surface area contributed by atoms with Crippen molar-refractivity contribution in [1.29, 1.82) is 0 Å². The Kier molecular flexibility index (Phi) is 5.64. The lowest BCUT2D eigenvalue weighted by Crippen LogP contribution is -2.47. The smallest absolute Gasteiger partial charge is 0.365 e. The molecule has 1 aromatic carbocycles. The molecule has 0 aliphatic carbocycles. The standard InChI is InChI=1S/C17H18ClN3O4S2/c1-5-25-16(23)14-19-21(12-8-6-11(18)7-9-12)17(27-14)20(3)10(2)13(26-17)15(22)24-4/h6-9H,5H2,1-4H3. The molecule has 1 atom stereocenters. The van der Waals surface area contributed by atoms with Crippen LogP contribution in [-0.4, -0.2) is 47.0 Å². The predicted octanol–water partition coefficient (Wildman–Crippen LogP) is 3.46. The maximum atomic E-state index is 12.3. The van der Waals surface area contributed by atoms with Crippen LogP contribution in [0.3, 0.4) is 0 Å². The van der Waals surface area contributed by atoms with Gasteiger partial charge in [-0.25, -0.2) is 14.6 Å². The maximum Gasteiger partial charge on any atom is 0.365 e. The topological polar surface area (TPSA) is 71.4 Å². The maximum absolute atomic E-state index is 12.3. The van der Waals surface area contributed by atoms with E-state index in [1.54, 1.807) is 24.1 Å². The summed E-state index contributed by atoms with van der Waals surface area (Å²) in [6, 6.07) is 7.10. The summed E-state index contributed by atoms with van der Waals surface area (Å²) < 4.78 is 9.14. The van der Waals surface area contributed by atoms with Gasteiger partial charge in [-0.2, -0.15) is 5.10 Å². The number of carbonyl (C=O) groups excluding carboxylic acids is 2. The highest BCUT2D eigenvalue weighted by Gasteiger charge is 2.56. The Morgan fingerprint density at radius 1 is 1.22 bits per heavy atom. The Morgan fingerprint density at radius 2 is 1.89 bits per heavy atom. The minimum absolute atomic E-state index is 0.213. The number of halogens is 1. The minimum atomic E-state index is -0.885. The van der Waals surface area contributed by atoms with E-state index in [1.807, 2.05) is 31.0 Å². The zero-order valence-electron chi connectivity index (χ0n) is 15.2. The number of rotatable bonds is 4. The number of hydrogen-bond acceptors (Lipinski definition) is 9. The largest absolute Gasteiger partial charge is 0.465 e. The normalized spacial score (nSPS) is 21.7. The first-order valence-electron chi connectivity index (χ1n) is 8.06. The number of hydrazone groups is 1. The van der Waals surface area contributed by atoms with Crippen LogP contribution in [0.1, 0.15) is 13.8 Å². The van der Waals surface area contributed by atoms with Crippen LogP contribution < -0.4 is 5.01 Å². The molecule has 0 fully saturated rings. The fourth-order valence-electron chi connectivity index (χ4n) is 2.62. The van der Waals surface area contributed by atoms with Crippen LogP contribution in [0, 0.1) is 0 Å². The van der Waals surface area contributed by atoms with Gasteiger partial charge in [-0.1, -0.05) is 23.4 Å². The van der Waals surface area contributed by atoms with E-state index in [0.29, 0.717) is 9.93 Å². The molecule has 0 saturated carbocycles. The first kappa shape index (κ1) is 19.9. The molecule has 0 bridgehead atoms. The van der Waals surface area contributed by atoms with Gasteiger partial charge in [0.2, 0.25) is 9.37 Å². The van der Waals surface area contributed by atoms with E-state index < -0.39 is 16.3 Å². The van der Waals surface area contributed by atoms with Crippen molar-refractivity contribution in [3.05, 3.63) is 39.9 Å². The second kappa shape index (κ2) is 7.65. The predicted molar refractivity (Wildman–Crippen MR) is 108 cm³/mol. The van der Waals surface area contributed by atoms with Gasteiger partial charge < -0.3 is 14.4 Å². The van der Waals surface area contributed by atoms with Gasteiger partial charge in [-0.15, -0.1) is 0 Å². The van der Waals surface area contributed by atoms with Gasteiger partial charge >= 0.3 is 11.9 Å². The molecule has 1 unspecified atom stereocenters. The molecular formula is C17H18ClN3O4S2. The van der Waals surface area contributed by atoms with Crippen LogP contribution in [0.4, 0.5) is 5.69 Å². The summed E-state index contributed by atoms with van der Waals surface area (Å²) in [6.07, 6.45) is 0. The summed E-state index contributed by atoms with van der Waals surface area (Å²) in [5, 5.41) is 7.00. The Bertz CT molecular complexity index is 843. The number of ether oxygens (including phenoxy) is 2. The number of anilines is 1. The van der Waals surface area contributed by atoms with E-state index in [2.05, 4.69) is 5.10 Å². The summed E-state index contributed by atoms with van der Waals surface area (Å²) in [7, 11) is 3.19. The first-order valence-corrected chi connectivity index (χ1v) is 10.1. The zero-order valence-corrected chi connectivity index (χ0v) is 17.6. The van der Waals surface area contributed by atoms with Crippen LogP contribution in [0.2, 0.25) is 5.02 Å². The zero-order chi connectivity index (χ0) is 19.8. The molecule has 0 amide bonds.